The average molecular weight is 417 g/mol. The monoisotopic (exact) mass is 417 g/mol. The second kappa shape index (κ2) is 9.92. The van der Waals surface area contributed by atoms with Crippen LogP contribution in [-0.2, 0) is 19.0 Å². The van der Waals surface area contributed by atoms with Crippen molar-refractivity contribution in [2.24, 2.45) is 0 Å². The number of carbonyl (C=O) groups is 4. The Kier molecular flexibility index (Phi) is 7.34. The Bertz CT molecular complexity index is 950. The Hall–Kier alpha value is -4.08. The predicted molar refractivity (Wildman–Crippen MR) is 103 cm³/mol. The molecule has 0 aromatic heterocycles. The summed E-state index contributed by atoms with van der Waals surface area (Å²) in [6, 6.07) is 7.78. The molecule has 0 saturated carbocycles. The molecule has 158 valence electrons. The van der Waals surface area contributed by atoms with Gasteiger partial charge in [-0.3, -0.25) is 4.79 Å². The first-order valence-corrected chi connectivity index (χ1v) is 8.44. The summed E-state index contributed by atoms with van der Waals surface area (Å²) in [7, 11) is 3.73. The number of amides is 1. The van der Waals surface area contributed by atoms with Crippen LogP contribution < -0.4 is 10.1 Å². The minimum atomic E-state index is -0.927. The van der Waals surface area contributed by atoms with Crippen LogP contribution in [0, 0.1) is 0 Å². The lowest BCUT2D eigenvalue weighted by Crippen LogP contribution is -2.21. The molecule has 0 aliphatic rings. The highest BCUT2D eigenvalue weighted by molar-refractivity contribution is 6.00. The molecule has 30 heavy (non-hydrogen) atoms. The Labute approximate surface area is 171 Å². The smallest absolute Gasteiger partial charge is 0.342 e. The van der Waals surface area contributed by atoms with Crippen LogP contribution in [-0.4, -0.2) is 56.9 Å². The molecule has 0 saturated heterocycles. The molecule has 10 heteroatoms. The van der Waals surface area contributed by atoms with E-state index in [0.717, 1.165) is 0 Å². The maximum absolute atomic E-state index is 12.1. The van der Waals surface area contributed by atoms with E-state index in [9.17, 15) is 24.3 Å². The SMILES string of the molecule is COC(=O)c1cc(NC(=O)COC(=O)c2ccc(OC)cc2O)cc(C(=O)OC)c1. The van der Waals surface area contributed by atoms with Gasteiger partial charge < -0.3 is 29.4 Å². The number of phenolic OH excluding ortho intramolecular Hbond substituents is 1. The van der Waals surface area contributed by atoms with Gasteiger partial charge in [0.25, 0.3) is 5.91 Å². The highest BCUT2D eigenvalue weighted by Crippen LogP contribution is 2.24. The zero-order chi connectivity index (χ0) is 22.3. The lowest BCUT2D eigenvalue weighted by Gasteiger charge is -2.10. The van der Waals surface area contributed by atoms with Crippen molar-refractivity contribution in [2.45, 2.75) is 0 Å². The minimum Gasteiger partial charge on any atom is -0.507 e. The quantitative estimate of drug-likeness (QED) is 0.510. The molecule has 0 aliphatic heterocycles. The van der Waals surface area contributed by atoms with E-state index in [-0.39, 0.29) is 28.1 Å². The van der Waals surface area contributed by atoms with Crippen molar-refractivity contribution < 1.29 is 43.2 Å². The standard InChI is InChI=1S/C20H19NO9/c1-27-14-4-5-15(16(22)9-14)20(26)30-10-17(23)21-13-7-11(18(24)28-2)6-12(8-13)19(25)29-3/h4-9,22H,10H2,1-3H3,(H,21,23). The number of benzene rings is 2. The van der Waals surface area contributed by atoms with Crippen molar-refractivity contribution in [1.29, 1.82) is 0 Å². The zero-order valence-electron chi connectivity index (χ0n) is 16.4. The van der Waals surface area contributed by atoms with E-state index in [4.69, 9.17) is 9.47 Å². The van der Waals surface area contributed by atoms with Gasteiger partial charge in [-0.2, -0.15) is 0 Å². The van der Waals surface area contributed by atoms with E-state index in [2.05, 4.69) is 14.8 Å². The molecule has 0 atom stereocenters. The lowest BCUT2D eigenvalue weighted by atomic mass is 10.1. The Balaban J connectivity index is 2.09. The molecular weight excluding hydrogens is 398 g/mol. The van der Waals surface area contributed by atoms with E-state index < -0.39 is 30.4 Å². The van der Waals surface area contributed by atoms with E-state index in [1.54, 1.807) is 0 Å². The summed E-state index contributed by atoms with van der Waals surface area (Å²) in [5, 5.41) is 12.2. The molecule has 2 aromatic carbocycles. The van der Waals surface area contributed by atoms with Gasteiger partial charge in [-0.05, 0) is 30.3 Å². The normalized spacial score (nSPS) is 9.97. The van der Waals surface area contributed by atoms with Crippen LogP contribution in [0.4, 0.5) is 5.69 Å². The van der Waals surface area contributed by atoms with Gasteiger partial charge in [0, 0.05) is 11.8 Å². The average Bonchev–Trinajstić information content (AvgIpc) is 2.75. The first-order chi connectivity index (χ1) is 14.3. The van der Waals surface area contributed by atoms with Gasteiger partial charge in [0.2, 0.25) is 0 Å². The Morgan fingerprint density at radius 1 is 0.867 bits per heavy atom. The number of rotatable bonds is 7. The number of carbonyl (C=O) groups excluding carboxylic acids is 4. The van der Waals surface area contributed by atoms with Crippen LogP contribution in [0.25, 0.3) is 0 Å². The third kappa shape index (κ3) is 5.47. The second-order valence-electron chi connectivity index (χ2n) is 5.79. The van der Waals surface area contributed by atoms with Crippen molar-refractivity contribution in [3.63, 3.8) is 0 Å². The molecule has 2 aromatic rings. The molecule has 10 nitrogen and oxygen atoms in total. The highest BCUT2D eigenvalue weighted by Gasteiger charge is 2.17. The fourth-order valence-electron chi connectivity index (χ4n) is 2.39. The van der Waals surface area contributed by atoms with Gasteiger partial charge in [-0.15, -0.1) is 0 Å². The van der Waals surface area contributed by atoms with Gasteiger partial charge in [0.05, 0.1) is 32.5 Å². The fraction of sp³-hybridized carbons (Fsp3) is 0.200. The summed E-state index contributed by atoms with van der Waals surface area (Å²) >= 11 is 0. The maximum Gasteiger partial charge on any atom is 0.342 e. The minimum absolute atomic E-state index is 0.0100. The second-order valence-corrected chi connectivity index (χ2v) is 5.79. The largest absolute Gasteiger partial charge is 0.507 e. The fourth-order valence-corrected chi connectivity index (χ4v) is 2.39. The summed E-state index contributed by atoms with van der Waals surface area (Å²) in [4.78, 5) is 47.7. The molecule has 0 unspecified atom stereocenters. The molecule has 2 N–H and O–H groups in total. The number of aromatic hydroxyl groups is 1. The Morgan fingerprint density at radius 2 is 1.47 bits per heavy atom. The van der Waals surface area contributed by atoms with Crippen LogP contribution >= 0.6 is 0 Å². The number of nitrogens with one attached hydrogen (secondary N) is 1. The molecule has 0 bridgehead atoms. The number of methoxy groups -OCH3 is 3. The van der Waals surface area contributed by atoms with Crippen molar-refractivity contribution >= 4 is 29.5 Å². The first-order valence-electron chi connectivity index (χ1n) is 8.44. The van der Waals surface area contributed by atoms with Crippen LogP contribution in [0.15, 0.2) is 36.4 Å². The van der Waals surface area contributed by atoms with E-state index in [1.807, 2.05) is 0 Å². The summed E-state index contributed by atoms with van der Waals surface area (Å²) in [5.74, 6) is -3.14. The number of ether oxygens (including phenoxy) is 4. The van der Waals surface area contributed by atoms with Crippen molar-refractivity contribution in [3.05, 3.63) is 53.1 Å². The third-order valence-corrected chi connectivity index (χ3v) is 3.82. The molecule has 1 amide bonds. The van der Waals surface area contributed by atoms with E-state index in [1.165, 1.54) is 57.7 Å². The summed E-state index contributed by atoms with van der Waals surface area (Å²) < 4.78 is 19.0. The van der Waals surface area contributed by atoms with Gasteiger partial charge >= 0.3 is 17.9 Å². The molecule has 2 rings (SSSR count). The van der Waals surface area contributed by atoms with Crippen molar-refractivity contribution in [1.82, 2.24) is 0 Å². The topological polar surface area (TPSA) is 137 Å². The maximum atomic E-state index is 12.1. The van der Waals surface area contributed by atoms with Gasteiger partial charge in [-0.25, -0.2) is 14.4 Å². The molecule has 0 radical (unpaired) electrons. The van der Waals surface area contributed by atoms with E-state index in [0.29, 0.717) is 5.75 Å². The van der Waals surface area contributed by atoms with Gasteiger partial charge in [0.1, 0.15) is 17.1 Å². The van der Waals surface area contributed by atoms with Crippen molar-refractivity contribution in [2.75, 3.05) is 33.3 Å². The summed E-state index contributed by atoms with van der Waals surface area (Å²) in [5.41, 5.74) is -0.0393. The number of phenols is 1. The molecule has 0 heterocycles. The number of esters is 3. The summed E-state index contributed by atoms with van der Waals surface area (Å²) in [6.45, 7) is -0.680. The third-order valence-electron chi connectivity index (χ3n) is 3.82. The van der Waals surface area contributed by atoms with Crippen LogP contribution in [0.2, 0.25) is 0 Å². The molecular formula is C20H19NO9. The van der Waals surface area contributed by atoms with Gasteiger partial charge in [-0.1, -0.05) is 0 Å². The van der Waals surface area contributed by atoms with Crippen LogP contribution in [0.1, 0.15) is 31.1 Å². The number of hydrogen-bond acceptors (Lipinski definition) is 9. The van der Waals surface area contributed by atoms with E-state index >= 15 is 0 Å². The number of hydrogen-bond donors (Lipinski definition) is 2. The summed E-state index contributed by atoms with van der Waals surface area (Å²) in [6.07, 6.45) is 0. The Morgan fingerprint density at radius 3 is 1.97 bits per heavy atom. The van der Waals surface area contributed by atoms with Crippen LogP contribution in [0.3, 0.4) is 0 Å². The molecule has 0 fully saturated rings. The first kappa shape index (κ1) is 22.2. The predicted octanol–water partition coefficient (Wildman–Crippen LogP) is 1.77. The molecule has 0 aliphatic carbocycles. The lowest BCUT2D eigenvalue weighted by molar-refractivity contribution is -0.119. The number of anilines is 1. The zero-order valence-corrected chi connectivity index (χ0v) is 16.4. The van der Waals surface area contributed by atoms with Gasteiger partial charge in [0.15, 0.2) is 6.61 Å². The highest BCUT2D eigenvalue weighted by atomic mass is 16.5. The van der Waals surface area contributed by atoms with Crippen LogP contribution in [0.5, 0.6) is 11.5 Å². The molecule has 0 spiro atoms. The van der Waals surface area contributed by atoms with Crippen molar-refractivity contribution in [3.8, 4) is 11.5 Å².